The third-order valence-corrected chi connectivity index (χ3v) is 3.32. The first-order chi connectivity index (χ1) is 9.97. The van der Waals surface area contributed by atoms with E-state index in [0.717, 1.165) is 16.9 Å². The second-order valence-electron chi connectivity index (χ2n) is 5.34. The van der Waals surface area contributed by atoms with Crippen molar-refractivity contribution in [1.82, 2.24) is 5.32 Å². The summed E-state index contributed by atoms with van der Waals surface area (Å²) in [6.07, 6.45) is 0. The molecule has 4 heteroatoms. The van der Waals surface area contributed by atoms with Crippen LogP contribution in [0.2, 0.25) is 0 Å². The molecule has 112 valence electrons. The normalized spacial score (nSPS) is 11.0. The Balaban J connectivity index is 2.30. The Bertz CT molecular complexity index is 594. The molecule has 0 saturated carbocycles. The third-order valence-electron chi connectivity index (χ3n) is 3.32. The highest BCUT2D eigenvalue weighted by molar-refractivity contribution is 5.65. The summed E-state index contributed by atoms with van der Waals surface area (Å²) in [7, 11) is 1.89. The van der Waals surface area contributed by atoms with Crippen LogP contribution >= 0.6 is 0 Å². The highest BCUT2D eigenvalue weighted by atomic mass is 19.1. The Kier molecular flexibility index (Phi) is 4.91. The fourth-order valence-corrected chi connectivity index (χ4v) is 2.14. The second kappa shape index (κ2) is 6.68. The fourth-order valence-electron chi connectivity index (χ4n) is 2.14. The standard InChI is InChI=1S/C17H20F2N2/c1-12(2)20-11-13-10-15(19)6-9-17(13)21(3)16-7-4-14(18)5-8-16/h4-10,12,20H,11H2,1-3H3. The molecule has 0 aliphatic heterocycles. The van der Waals surface area contributed by atoms with Gasteiger partial charge in [0.05, 0.1) is 0 Å². The Labute approximate surface area is 124 Å². The Morgan fingerprint density at radius 1 is 1.00 bits per heavy atom. The number of anilines is 2. The Morgan fingerprint density at radius 2 is 1.62 bits per heavy atom. The number of benzene rings is 2. The van der Waals surface area contributed by atoms with Crippen molar-refractivity contribution in [3.63, 3.8) is 0 Å². The molecule has 2 rings (SSSR count). The minimum atomic E-state index is -0.270. The fraction of sp³-hybridized carbons (Fsp3) is 0.294. The molecule has 0 saturated heterocycles. The number of nitrogens with zero attached hydrogens (tertiary/aromatic N) is 1. The highest BCUT2D eigenvalue weighted by Gasteiger charge is 2.11. The maximum Gasteiger partial charge on any atom is 0.123 e. The summed E-state index contributed by atoms with van der Waals surface area (Å²) in [5.74, 6) is -0.528. The average molecular weight is 290 g/mol. The van der Waals surface area contributed by atoms with Crippen molar-refractivity contribution in [2.45, 2.75) is 26.4 Å². The highest BCUT2D eigenvalue weighted by Crippen LogP contribution is 2.28. The van der Waals surface area contributed by atoms with Crippen molar-refractivity contribution >= 4 is 11.4 Å². The SMILES string of the molecule is CC(C)NCc1cc(F)ccc1N(C)c1ccc(F)cc1. The number of halogens is 2. The van der Waals surface area contributed by atoms with Crippen LogP contribution in [0.25, 0.3) is 0 Å². The van der Waals surface area contributed by atoms with E-state index in [4.69, 9.17) is 0 Å². The maximum atomic E-state index is 13.5. The summed E-state index contributed by atoms with van der Waals surface area (Å²) in [5.41, 5.74) is 2.63. The lowest BCUT2D eigenvalue weighted by Crippen LogP contribution is -2.23. The van der Waals surface area contributed by atoms with Gasteiger partial charge in [0.2, 0.25) is 0 Å². The minimum absolute atomic E-state index is 0.258. The van der Waals surface area contributed by atoms with Crippen LogP contribution in [0.1, 0.15) is 19.4 Å². The zero-order chi connectivity index (χ0) is 15.4. The van der Waals surface area contributed by atoms with Crippen molar-refractivity contribution in [2.75, 3.05) is 11.9 Å². The van der Waals surface area contributed by atoms with Gasteiger partial charge in [-0.2, -0.15) is 0 Å². The van der Waals surface area contributed by atoms with Gasteiger partial charge in [-0.15, -0.1) is 0 Å². The second-order valence-corrected chi connectivity index (χ2v) is 5.34. The molecule has 21 heavy (non-hydrogen) atoms. The van der Waals surface area contributed by atoms with Crippen molar-refractivity contribution in [3.8, 4) is 0 Å². The maximum absolute atomic E-state index is 13.5. The van der Waals surface area contributed by atoms with Crippen LogP contribution in [-0.2, 0) is 6.54 Å². The van der Waals surface area contributed by atoms with Gasteiger partial charge < -0.3 is 10.2 Å². The smallest absolute Gasteiger partial charge is 0.123 e. The molecule has 0 spiro atoms. The van der Waals surface area contributed by atoms with Crippen LogP contribution in [0, 0.1) is 11.6 Å². The first-order valence-electron chi connectivity index (χ1n) is 6.98. The molecule has 1 N–H and O–H groups in total. The first kappa shape index (κ1) is 15.4. The Morgan fingerprint density at radius 3 is 2.24 bits per heavy atom. The van der Waals surface area contributed by atoms with Crippen LogP contribution in [0.5, 0.6) is 0 Å². The molecule has 0 heterocycles. The van der Waals surface area contributed by atoms with E-state index in [1.807, 2.05) is 25.8 Å². The molecule has 2 nitrogen and oxygen atoms in total. The van der Waals surface area contributed by atoms with Gasteiger partial charge in [-0.1, -0.05) is 13.8 Å². The van der Waals surface area contributed by atoms with Crippen molar-refractivity contribution in [2.24, 2.45) is 0 Å². The number of hydrogen-bond acceptors (Lipinski definition) is 2. The molecule has 0 aliphatic rings. The van der Waals surface area contributed by atoms with Gasteiger partial charge in [0, 0.05) is 31.0 Å². The van der Waals surface area contributed by atoms with Gasteiger partial charge in [-0.05, 0) is 48.0 Å². The van der Waals surface area contributed by atoms with Crippen molar-refractivity contribution < 1.29 is 8.78 Å². The van der Waals surface area contributed by atoms with E-state index in [1.54, 1.807) is 18.2 Å². The summed E-state index contributed by atoms with van der Waals surface area (Å²) < 4.78 is 26.5. The largest absolute Gasteiger partial charge is 0.344 e. The molecule has 0 aromatic heterocycles. The number of rotatable bonds is 5. The molecule has 0 radical (unpaired) electrons. The molecule has 2 aromatic rings. The van der Waals surface area contributed by atoms with Gasteiger partial charge in [0.15, 0.2) is 0 Å². The monoisotopic (exact) mass is 290 g/mol. The van der Waals surface area contributed by atoms with Crippen LogP contribution in [0.4, 0.5) is 20.2 Å². The zero-order valence-corrected chi connectivity index (χ0v) is 12.5. The molecule has 0 bridgehead atoms. The van der Waals surface area contributed by atoms with E-state index in [0.29, 0.717) is 12.6 Å². The van der Waals surface area contributed by atoms with Gasteiger partial charge in [0.25, 0.3) is 0 Å². The summed E-state index contributed by atoms with van der Waals surface area (Å²) >= 11 is 0. The summed E-state index contributed by atoms with van der Waals surface area (Å²) in [4.78, 5) is 1.93. The molecule has 2 aromatic carbocycles. The van der Waals surface area contributed by atoms with E-state index >= 15 is 0 Å². The molecule has 0 amide bonds. The van der Waals surface area contributed by atoms with Gasteiger partial charge in [-0.3, -0.25) is 0 Å². The zero-order valence-electron chi connectivity index (χ0n) is 12.5. The number of nitrogens with one attached hydrogen (secondary N) is 1. The molecular formula is C17H20F2N2. The van der Waals surface area contributed by atoms with E-state index in [1.165, 1.54) is 24.3 Å². The van der Waals surface area contributed by atoms with Crippen LogP contribution in [-0.4, -0.2) is 13.1 Å². The first-order valence-corrected chi connectivity index (χ1v) is 6.98. The lowest BCUT2D eigenvalue weighted by Gasteiger charge is -2.23. The van der Waals surface area contributed by atoms with Crippen molar-refractivity contribution in [3.05, 3.63) is 59.7 Å². The van der Waals surface area contributed by atoms with E-state index in [-0.39, 0.29) is 11.6 Å². The van der Waals surface area contributed by atoms with Gasteiger partial charge >= 0.3 is 0 Å². The summed E-state index contributed by atoms with van der Waals surface area (Å²) in [6.45, 7) is 4.67. The predicted molar refractivity (Wildman–Crippen MR) is 82.8 cm³/mol. The van der Waals surface area contributed by atoms with Crippen LogP contribution in [0.15, 0.2) is 42.5 Å². The van der Waals surface area contributed by atoms with E-state index in [2.05, 4.69) is 5.32 Å². The van der Waals surface area contributed by atoms with Crippen molar-refractivity contribution in [1.29, 1.82) is 0 Å². The molecule has 0 aliphatic carbocycles. The predicted octanol–water partition coefficient (Wildman–Crippen LogP) is 4.23. The molecule has 0 unspecified atom stereocenters. The molecule has 0 fully saturated rings. The summed E-state index contributed by atoms with van der Waals surface area (Å²) in [6, 6.07) is 11.3. The van der Waals surface area contributed by atoms with Crippen LogP contribution in [0.3, 0.4) is 0 Å². The van der Waals surface area contributed by atoms with E-state index < -0.39 is 0 Å². The average Bonchev–Trinajstić information content (AvgIpc) is 2.45. The van der Waals surface area contributed by atoms with E-state index in [9.17, 15) is 8.78 Å². The lowest BCUT2D eigenvalue weighted by molar-refractivity contribution is 0.581. The Hall–Kier alpha value is -1.94. The number of hydrogen-bond donors (Lipinski definition) is 1. The van der Waals surface area contributed by atoms with Gasteiger partial charge in [0.1, 0.15) is 11.6 Å². The lowest BCUT2D eigenvalue weighted by atomic mass is 10.1. The third kappa shape index (κ3) is 4.02. The quantitative estimate of drug-likeness (QED) is 0.886. The molecular weight excluding hydrogens is 270 g/mol. The summed E-state index contributed by atoms with van der Waals surface area (Å²) in [5, 5.41) is 3.29. The van der Waals surface area contributed by atoms with Crippen LogP contribution < -0.4 is 10.2 Å². The topological polar surface area (TPSA) is 15.3 Å². The molecule has 0 atom stereocenters. The minimum Gasteiger partial charge on any atom is -0.344 e. The van der Waals surface area contributed by atoms with Gasteiger partial charge in [-0.25, -0.2) is 8.78 Å².